The maximum Gasteiger partial charge on any atom is 0.0991 e. The summed E-state index contributed by atoms with van der Waals surface area (Å²) in [6, 6.07) is 25.4. The van der Waals surface area contributed by atoms with Gasteiger partial charge in [-0.05, 0) is 102 Å². The summed E-state index contributed by atoms with van der Waals surface area (Å²) in [6.45, 7) is 6.17. The largest absolute Gasteiger partial charge is 0.314 e. The number of para-hydroxylation sites is 1. The fourth-order valence-electron chi connectivity index (χ4n) is 5.20. The molecule has 0 aromatic heterocycles. The van der Waals surface area contributed by atoms with E-state index >= 15 is 0 Å². The van der Waals surface area contributed by atoms with Gasteiger partial charge in [0.15, 0.2) is 0 Å². The SMILES string of the molecule is C=C/C=C1/CCC2=C(N(c3ccccc3)c3ccc(C#N)cc3)CCc3ccc(C)c1c32. The third kappa shape index (κ3) is 3.37. The molecule has 0 unspecified atom stereocenters. The van der Waals surface area contributed by atoms with Gasteiger partial charge in [0.25, 0.3) is 0 Å². The Morgan fingerprint density at radius 3 is 2.31 bits per heavy atom. The van der Waals surface area contributed by atoms with Crippen LogP contribution in [0.2, 0.25) is 0 Å². The van der Waals surface area contributed by atoms with E-state index in [-0.39, 0.29) is 0 Å². The molecule has 2 nitrogen and oxygen atoms in total. The average molecular weight is 415 g/mol. The lowest BCUT2D eigenvalue weighted by molar-refractivity contribution is 0.854. The Labute approximate surface area is 190 Å². The second-order valence-corrected chi connectivity index (χ2v) is 8.47. The van der Waals surface area contributed by atoms with Crippen molar-refractivity contribution in [3.63, 3.8) is 0 Å². The van der Waals surface area contributed by atoms with Crippen molar-refractivity contribution >= 4 is 22.5 Å². The number of hydrogen-bond acceptors (Lipinski definition) is 2. The van der Waals surface area contributed by atoms with Crippen molar-refractivity contribution in [2.24, 2.45) is 0 Å². The summed E-state index contributed by atoms with van der Waals surface area (Å²) in [5, 5.41) is 9.27. The Morgan fingerprint density at radius 1 is 0.844 bits per heavy atom. The molecule has 2 heteroatoms. The molecule has 3 aromatic carbocycles. The van der Waals surface area contributed by atoms with E-state index in [1.54, 1.807) is 0 Å². The van der Waals surface area contributed by atoms with E-state index in [4.69, 9.17) is 0 Å². The third-order valence-corrected chi connectivity index (χ3v) is 6.60. The summed E-state index contributed by atoms with van der Waals surface area (Å²) >= 11 is 0. The fraction of sp³-hybridized carbons (Fsp3) is 0.167. The number of anilines is 2. The van der Waals surface area contributed by atoms with Crippen LogP contribution in [0.15, 0.2) is 91.2 Å². The molecule has 0 aliphatic heterocycles. The van der Waals surface area contributed by atoms with Gasteiger partial charge in [-0.25, -0.2) is 0 Å². The number of hydrogen-bond donors (Lipinski definition) is 0. The first-order valence-corrected chi connectivity index (χ1v) is 11.2. The van der Waals surface area contributed by atoms with Crippen molar-refractivity contribution in [1.82, 2.24) is 0 Å². The molecule has 0 bridgehead atoms. The van der Waals surface area contributed by atoms with Crippen LogP contribution in [-0.4, -0.2) is 0 Å². The topological polar surface area (TPSA) is 27.0 Å². The van der Waals surface area contributed by atoms with Gasteiger partial charge < -0.3 is 4.90 Å². The number of benzene rings is 3. The van der Waals surface area contributed by atoms with Gasteiger partial charge >= 0.3 is 0 Å². The quantitative estimate of drug-likeness (QED) is 0.437. The second-order valence-electron chi connectivity index (χ2n) is 8.47. The van der Waals surface area contributed by atoms with Gasteiger partial charge in [-0.2, -0.15) is 5.26 Å². The lowest BCUT2D eigenvalue weighted by Gasteiger charge is -2.37. The molecular weight excluding hydrogens is 388 g/mol. The zero-order valence-corrected chi connectivity index (χ0v) is 18.4. The van der Waals surface area contributed by atoms with E-state index in [9.17, 15) is 5.26 Å². The van der Waals surface area contributed by atoms with E-state index in [2.05, 4.69) is 85.1 Å². The van der Waals surface area contributed by atoms with Crippen LogP contribution in [-0.2, 0) is 6.42 Å². The first-order chi connectivity index (χ1) is 15.7. The van der Waals surface area contributed by atoms with Gasteiger partial charge in [0.1, 0.15) is 0 Å². The van der Waals surface area contributed by atoms with Crippen LogP contribution in [0.25, 0.3) is 11.1 Å². The lowest BCUT2D eigenvalue weighted by Crippen LogP contribution is -2.24. The molecule has 0 radical (unpaired) electrons. The normalized spacial score (nSPS) is 15.8. The monoisotopic (exact) mass is 414 g/mol. The maximum absolute atomic E-state index is 9.27. The molecule has 0 saturated heterocycles. The van der Waals surface area contributed by atoms with E-state index in [0.717, 1.165) is 37.1 Å². The lowest BCUT2D eigenvalue weighted by atomic mass is 9.74. The zero-order valence-electron chi connectivity index (χ0n) is 18.4. The Hall–Kier alpha value is -3.83. The minimum Gasteiger partial charge on any atom is -0.314 e. The summed E-state index contributed by atoms with van der Waals surface area (Å²) < 4.78 is 0. The minimum absolute atomic E-state index is 0.684. The molecule has 0 amide bonds. The summed E-state index contributed by atoms with van der Waals surface area (Å²) in [4.78, 5) is 2.40. The van der Waals surface area contributed by atoms with Crippen molar-refractivity contribution in [1.29, 1.82) is 5.26 Å². The van der Waals surface area contributed by atoms with E-state index in [1.165, 1.54) is 39.1 Å². The molecule has 156 valence electrons. The third-order valence-electron chi connectivity index (χ3n) is 6.60. The standard InChI is InChI=1S/C30H26N2/c1-3-7-23-14-18-27-28(19-15-24-13-10-21(2)29(23)30(24)27)32(25-8-5-4-6-9-25)26-16-11-22(20-31)12-17-26/h3-13,16-17H,1,14-15,18-19H2,2H3/b23-7-. The second kappa shape index (κ2) is 8.36. The van der Waals surface area contributed by atoms with Crippen LogP contribution in [0.1, 0.15) is 47.1 Å². The number of allylic oxidation sites excluding steroid dienone is 5. The average Bonchev–Trinajstić information content (AvgIpc) is 2.84. The molecule has 0 N–H and O–H groups in total. The maximum atomic E-state index is 9.27. The van der Waals surface area contributed by atoms with Crippen molar-refractivity contribution < 1.29 is 0 Å². The first-order valence-electron chi connectivity index (χ1n) is 11.2. The van der Waals surface area contributed by atoms with Crippen molar-refractivity contribution in [2.45, 2.75) is 32.6 Å². The molecule has 2 aliphatic carbocycles. The van der Waals surface area contributed by atoms with Gasteiger partial charge in [-0.3, -0.25) is 0 Å². The van der Waals surface area contributed by atoms with Gasteiger partial charge in [0.2, 0.25) is 0 Å². The Morgan fingerprint density at radius 2 is 1.59 bits per heavy atom. The highest BCUT2D eigenvalue weighted by atomic mass is 15.2. The minimum atomic E-state index is 0.684. The highest BCUT2D eigenvalue weighted by molar-refractivity contribution is 5.92. The molecule has 3 aromatic rings. The molecular formula is C30H26N2. The summed E-state index contributed by atoms with van der Waals surface area (Å²) in [6.07, 6.45) is 8.18. The molecule has 0 atom stereocenters. The molecule has 0 saturated carbocycles. The Balaban J connectivity index is 1.75. The Kier molecular flexibility index (Phi) is 5.25. The van der Waals surface area contributed by atoms with E-state index < -0.39 is 0 Å². The number of nitrogens with zero attached hydrogens (tertiary/aromatic N) is 2. The highest BCUT2D eigenvalue weighted by Gasteiger charge is 2.31. The summed E-state index contributed by atoms with van der Waals surface area (Å²) in [5.41, 5.74) is 12.8. The predicted octanol–water partition coefficient (Wildman–Crippen LogP) is 7.73. The molecule has 32 heavy (non-hydrogen) atoms. The zero-order chi connectivity index (χ0) is 22.1. The van der Waals surface area contributed by atoms with Crippen LogP contribution in [0.3, 0.4) is 0 Å². The van der Waals surface area contributed by atoms with Gasteiger partial charge in [-0.15, -0.1) is 0 Å². The predicted molar refractivity (Wildman–Crippen MR) is 134 cm³/mol. The smallest absolute Gasteiger partial charge is 0.0991 e. The van der Waals surface area contributed by atoms with Crippen LogP contribution in [0, 0.1) is 18.3 Å². The Bertz CT molecular complexity index is 1290. The van der Waals surface area contributed by atoms with Crippen molar-refractivity contribution in [2.75, 3.05) is 4.90 Å². The van der Waals surface area contributed by atoms with Crippen LogP contribution < -0.4 is 4.90 Å². The van der Waals surface area contributed by atoms with Crippen LogP contribution in [0.4, 0.5) is 11.4 Å². The molecule has 0 fully saturated rings. The number of aryl methyl sites for hydroxylation is 2. The van der Waals surface area contributed by atoms with Crippen molar-refractivity contribution in [3.8, 4) is 6.07 Å². The summed E-state index contributed by atoms with van der Waals surface area (Å²) in [5.74, 6) is 0. The first kappa shape index (κ1) is 20.1. The molecule has 5 rings (SSSR count). The number of rotatable bonds is 4. The van der Waals surface area contributed by atoms with Gasteiger partial charge in [0, 0.05) is 17.1 Å². The van der Waals surface area contributed by atoms with Crippen LogP contribution >= 0.6 is 0 Å². The molecule has 2 aliphatic rings. The van der Waals surface area contributed by atoms with E-state index in [1.807, 2.05) is 18.2 Å². The van der Waals surface area contributed by atoms with Crippen molar-refractivity contribution in [3.05, 3.63) is 119 Å². The van der Waals surface area contributed by atoms with Gasteiger partial charge in [-0.1, -0.05) is 49.1 Å². The summed E-state index contributed by atoms with van der Waals surface area (Å²) in [7, 11) is 0. The van der Waals surface area contributed by atoms with Gasteiger partial charge in [0.05, 0.1) is 11.6 Å². The van der Waals surface area contributed by atoms with Crippen LogP contribution in [0.5, 0.6) is 0 Å². The molecule has 0 spiro atoms. The number of nitriles is 1. The van der Waals surface area contributed by atoms with E-state index in [0.29, 0.717) is 5.56 Å². The highest BCUT2D eigenvalue weighted by Crippen LogP contribution is 2.48. The molecule has 0 heterocycles. The fourth-order valence-corrected chi connectivity index (χ4v) is 5.20.